The lowest BCUT2D eigenvalue weighted by atomic mass is 10.1. The van der Waals surface area contributed by atoms with Gasteiger partial charge in [-0.1, -0.05) is 6.07 Å². The Hall–Kier alpha value is -3.20. The Kier molecular flexibility index (Phi) is 4.72. The van der Waals surface area contributed by atoms with Gasteiger partial charge in [0.1, 0.15) is 5.82 Å². The molecule has 0 saturated carbocycles. The molecule has 1 saturated heterocycles. The van der Waals surface area contributed by atoms with Gasteiger partial charge in [0.25, 0.3) is 5.91 Å². The van der Waals surface area contributed by atoms with Crippen LogP contribution in [0.25, 0.3) is 6.08 Å². The van der Waals surface area contributed by atoms with E-state index in [1.165, 1.54) is 53.4 Å². The Labute approximate surface area is 151 Å². The summed E-state index contributed by atoms with van der Waals surface area (Å²) in [6.45, 7) is 0. The number of likely N-dealkylation sites (N-methyl/N-ethyl adjacent to an activating group) is 1. The molecule has 9 heteroatoms. The molecule has 2 aromatic carbocycles. The number of halogens is 1. The van der Waals surface area contributed by atoms with E-state index in [-0.39, 0.29) is 11.7 Å². The number of amides is 1. The quantitative estimate of drug-likeness (QED) is 0.503. The van der Waals surface area contributed by atoms with Crippen molar-refractivity contribution in [3.05, 3.63) is 68.9 Å². The number of phenolic OH excluding ortho intramolecular Hbond substituents is 1. The van der Waals surface area contributed by atoms with E-state index >= 15 is 0 Å². The van der Waals surface area contributed by atoms with Gasteiger partial charge >= 0.3 is 5.69 Å². The van der Waals surface area contributed by atoms with E-state index in [9.17, 15) is 24.4 Å². The molecular formula is C17H12FN3O4S. The van der Waals surface area contributed by atoms with Gasteiger partial charge in [0.05, 0.1) is 15.5 Å². The van der Waals surface area contributed by atoms with E-state index in [1.807, 2.05) is 0 Å². The van der Waals surface area contributed by atoms with Gasteiger partial charge in [0, 0.05) is 13.1 Å². The van der Waals surface area contributed by atoms with Crippen LogP contribution >= 0.6 is 11.8 Å². The third-order valence-corrected chi connectivity index (χ3v) is 4.61. The summed E-state index contributed by atoms with van der Waals surface area (Å²) in [5.74, 6) is -1.14. The van der Waals surface area contributed by atoms with E-state index in [2.05, 4.69) is 4.99 Å². The standard InChI is InChI=1S/C17H12FN3O4S/c1-20-16(23)15(9-10-2-7-14(22)13(8-10)21(24)25)26-17(20)19-12-5-3-11(18)4-6-12/h2-9,22H,1H3/b15-9-,19-17?. The zero-order valence-corrected chi connectivity index (χ0v) is 14.2. The number of phenols is 1. The fourth-order valence-electron chi connectivity index (χ4n) is 2.21. The number of nitro benzene ring substituents is 1. The minimum atomic E-state index is -0.700. The molecule has 0 spiro atoms. The summed E-state index contributed by atoms with van der Waals surface area (Å²) in [7, 11) is 1.55. The highest BCUT2D eigenvalue weighted by molar-refractivity contribution is 8.18. The zero-order valence-electron chi connectivity index (χ0n) is 13.4. The van der Waals surface area contributed by atoms with Gasteiger partial charge < -0.3 is 5.11 Å². The Morgan fingerprint density at radius 3 is 2.62 bits per heavy atom. The van der Waals surface area contributed by atoms with Crippen molar-refractivity contribution < 1.29 is 19.2 Å². The number of carbonyl (C=O) groups is 1. The number of carbonyl (C=O) groups excluding carboxylic acids is 1. The molecule has 3 rings (SSSR count). The van der Waals surface area contributed by atoms with E-state index in [0.29, 0.717) is 21.3 Å². The predicted octanol–water partition coefficient (Wildman–Crippen LogP) is 3.67. The average Bonchev–Trinajstić information content (AvgIpc) is 2.86. The number of thioether (sulfide) groups is 1. The molecule has 1 amide bonds. The van der Waals surface area contributed by atoms with Gasteiger partial charge in [-0.2, -0.15) is 0 Å². The van der Waals surface area contributed by atoms with Crippen molar-refractivity contribution in [3.8, 4) is 5.75 Å². The molecule has 2 aromatic rings. The van der Waals surface area contributed by atoms with Crippen molar-refractivity contribution in [1.82, 2.24) is 4.90 Å². The fourth-order valence-corrected chi connectivity index (χ4v) is 3.19. The summed E-state index contributed by atoms with van der Waals surface area (Å²) >= 11 is 1.10. The first kappa shape index (κ1) is 17.6. The van der Waals surface area contributed by atoms with Crippen LogP contribution in [-0.2, 0) is 4.79 Å². The summed E-state index contributed by atoms with van der Waals surface area (Å²) in [5.41, 5.74) is 0.459. The number of aliphatic imine (C=N–C) groups is 1. The highest BCUT2D eigenvalue weighted by atomic mass is 32.2. The molecule has 0 bridgehead atoms. The molecule has 1 fully saturated rings. The average molecular weight is 373 g/mol. The fraction of sp³-hybridized carbons (Fsp3) is 0.0588. The number of hydrogen-bond acceptors (Lipinski definition) is 6. The van der Waals surface area contributed by atoms with Gasteiger partial charge in [-0.15, -0.1) is 0 Å². The summed E-state index contributed by atoms with van der Waals surface area (Å²) in [5, 5.41) is 20.8. The van der Waals surface area contributed by atoms with Crippen LogP contribution in [0.2, 0.25) is 0 Å². The Morgan fingerprint density at radius 1 is 1.27 bits per heavy atom. The minimum Gasteiger partial charge on any atom is -0.502 e. The Bertz CT molecular complexity index is 957. The highest BCUT2D eigenvalue weighted by Crippen LogP contribution is 2.34. The first-order valence-corrected chi connectivity index (χ1v) is 8.16. The maximum Gasteiger partial charge on any atom is 0.311 e. The van der Waals surface area contributed by atoms with E-state index in [4.69, 9.17) is 0 Å². The zero-order chi connectivity index (χ0) is 18.8. The van der Waals surface area contributed by atoms with Gasteiger partial charge in [-0.05, 0) is 53.7 Å². The van der Waals surface area contributed by atoms with Gasteiger partial charge in [-0.25, -0.2) is 9.38 Å². The molecule has 0 aliphatic carbocycles. The van der Waals surface area contributed by atoms with Crippen LogP contribution in [0.3, 0.4) is 0 Å². The molecule has 1 N–H and O–H groups in total. The monoisotopic (exact) mass is 373 g/mol. The first-order chi connectivity index (χ1) is 12.3. The molecule has 0 radical (unpaired) electrons. The maximum atomic E-state index is 13.0. The molecular weight excluding hydrogens is 361 g/mol. The SMILES string of the molecule is CN1C(=O)/C(=C/c2ccc(O)c([N+](=O)[O-])c2)SC1=Nc1ccc(F)cc1. The van der Waals surface area contributed by atoms with Gasteiger partial charge in [-0.3, -0.25) is 19.8 Å². The predicted molar refractivity (Wildman–Crippen MR) is 96.6 cm³/mol. The van der Waals surface area contributed by atoms with Crippen molar-refractivity contribution in [2.45, 2.75) is 0 Å². The van der Waals surface area contributed by atoms with Crippen molar-refractivity contribution >= 4 is 40.3 Å². The number of amidine groups is 1. The molecule has 26 heavy (non-hydrogen) atoms. The molecule has 0 aromatic heterocycles. The van der Waals surface area contributed by atoms with Crippen LogP contribution in [0.4, 0.5) is 15.8 Å². The molecule has 1 aliphatic rings. The van der Waals surface area contributed by atoms with Gasteiger partial charge in [0.15, 0.2) is 10.9 Å². The number of aromatic hydroxyl groups is 1. The third-order valence-electron chi connectivity index (χ3n) is 3.55. The van der Waals surface area contributed by atoms with Crippen LogP contribution in [0.5, 0.6) is 5.75 Å². The number of nitro groups is 1. The normalized spacial score (nSPS) is 17.3. The minimum absolute atomic E-state index is 0.313. The largest absolute Gasteiger partial charge is 0.502 e. The Morgan fingerprint density at radius 2 is 1.96 bits per heavy atom. The first-order valence-electron chi connectivity index (χ1n) is 7.34. The number of benzene rings is 2. The number of hydrogen-bond donors (Lipinski definition) is 1. The topological polar surface area (TPSA) is 96.0 Å². The maximum absolute atomic E-state index is 13.0. The van der Waals surface area contributed by atoms with Gasteiger partial charge in [0.2, 0.25) is 0 Å². The van der Waals surface area contributed by atoms with E-state index in [0.717, 1.165) is 11.8 Å². The molecule has 7 nitrogen and oxygen atoms in total. The molecule has 0 atom stereocenters. The van der Waals surface area contributed by atoms with Crippen LogP contribution in [0, 0.1) is 15.9 Å². The van der Waals surface area contributed by atoms with Crippen molar-refractivity contribution in [2.24, 2.45) is 4.99 Å². The third kappa shape index (κ3) is 3.57. The lowest BCUT2D eigenvalue weighted by Gasteiger charge is -2.06. The van der Waals surface area contributed by atoms with Crippen LogP contribution < -0.4 is 0 Å². The molecule has 0 unspecified atom stereocenters. The lowest BCUT2D eigenvalue weighted by molar-refractivity contribution is -0.385. The Balaban J connectivity index is 1.91. The second-order valence-electron chi connectivity index (χ2n) is 5.35. The number of nitrogens with zero attached hydrogens (tertiary/aromatic N) is 3. The summed E-state index contributed by atoms with van der Waals surface area (Å²) in [6.07, 6.45) is 1.49. The number of rotatable bonds is 3. The summed E-state index contributed by atoms with van der Waals surface area (Å²) in [6, 6.07) is 9.38. The van der Waals surface area contributed by atoms with Crippen LogP contribution in [0.1, 0.15) is 5.56 Å². The van der Waals surface area contributed by atoms with E-state index in [1.54, 1.807) is 7.05 Å². The van der Waals surface area contributed by atoms with Crippen LogP contribution in [-0.4, -0.2) is 33.1 Å². The second-order valence-corrected chi connectivity index (χ2v) is 6.36. The van der Waals surface area contributed by atoms with Crippen molar-refractivity contribution in [1.29, 1.82) is 0 Å². The van der Waals surface area contributed by atoms with E-state index < -0.39 is 16.4 Å². The van der Waals surface area contributed by atoms with Crippen molar-refractivity contribution in [3.63, 3.8) is 0 Å². The lowest BCUT2D eigenvalue weighted by Crippen LogP contribution is -2.23. The van der Waals surface area contributed by atoms with Crippen molar-refractivity contribution in [2.75, 3.05) is 7.05 Å². The highest BCUT2D eigenvalue weighted by Gasteiger charge is 2.30. The molecule has 132 valence electrons. The molecule has 1 heterocycles. The molecule has 1 aliphatic heterocycles. The summed E-state index contributed by atoms with van der Waals surface area (Å²) in [4.78, 5) is 28.5. The summed E-state index contributed by atoms with van der Waals surface area (Å²) < 4.78 is 13.0. The second kappa shape index (κ2) is 6.96. The smallest absolute Gasteiger partial charge is 0.311 e. The van der Waals surface area contributed by atoms with Crippen LogP contribution in [0.15, 0.2) is 52.4 Å².